The largest absolute Gasteiger partial charge is 0.480 e. The molecule has 7 heteroatoms. The molecule has 0 fully saturated rings. The van der Waals surface area contributed by atoms with Crippen LogP contribution in [0.5, 0.6) is 0 Å². The summed E-state index contributed by atoms with van der Waals surface area (Å²) in [6.07, 6.45) is 1.34. The van der Waals surface area contributed by atoms with E-state index >= 15 is 0 Å². The fraction of sp³-hybridized carbons (Fsp3) is 0.200. The van der Waals surface area contributed by atoms with Gasteiger partial charge in [-0.25, -0.2) is 4.79 Å². The van der Waals surface area contributed by atoms with Crippen LogP contribution < -0.4 is 5.32 Å². The monoisotopic (exact) mass is 367 g/mol. The highest BCUT2D eigenvalue weighted by atomic mass is 79.9. The number of carbonyl (C=O) groups is 2. The first kappa shape index (κ1) is 16.3. The normalized spacial score (nSPS) is 11.9. The van der Waals surface area contributed by atoms with E-state index in [4.69, 9.17) is 14.3 Å². The van der Waals surface area contributed by atoms with Crippen molar-refractivity contribution >= 4 is 27.8 Å². The number of carboxylic acids is 1. The Morgan fingerprint density at radius 1 is 1.32 bits per heavy atom. The van der Waals surface area contributed by atoms with E-state index in [1.54, 1.807) is 0 Å². The quantitative estimate of drug-likeness (QED) is 0.784. The molecule has 0 aliphatic heterocycles. The Labute approximate surface area is 135 Å². The summed E-state index contributed by atoms with van der Waals surface area (Å²) >= 11 is 3.15. The summed E-state index contributed by atoms with van der Waals surface area (Å²) in [7, 11) is 0. The van der Waals surface area contributed by atoms with E-state index in [2.05, 4.69) is 21.2 Å². The van der Waals surface area contributed by atoms with Gasteiger partial charge in [0.1, 0.15) is 6.26 Å². The van der Waals surface area contributed by atoms with E-state index in [0.717, 1.165) is 5.56 Å². The number of hydrogen-bond donors (Lipinski definition) is 2. The van der Waals surface area contributed by atoms with E-state index in [0.29, 0.717) is 4.47 Å². The van der Waals surface area contributed by atoms with Crippen molar-refractivity contribution in [3.8, 4) is 0 Å². The molecule has 0 saturated carbocycles. The number of nitrogens with one attached hydrogen (secondary N) is 1. The molecular weight excluding hydrogens is 354 g/mol. The van der Waals surface area contributed by atoms with Crippen LogP contribution in [0.3, 0.4) is 0 Å². The van der Waals surface area contributed by atoms with Gasteiger partial charge < -0.3 is 19.6 Å². The fourth-order valence-electron chi connectivity index (χ4n) is 1.71. The fourth-order valence-corrected chi connectivity index (χ4v) is 2.01. The van der Waals surface area contributed by atoms with E-state index in [-0.39, 0.29) is 19.0 Å². The number of aliphatic carboxylic acids is 1. The first-order chi connectivity index (χ1) is 10.6. The van der Waals surface area contributed by atoms with Crippen LogP contribution in [0.2, 0.25) is 0 Å². The molecule has 1 heterocycles. The van der Waals surface area contributed by atoms with Gasteiger partial charge >= 0.3 is 5.97 Å². The summed E-state index contributed by atoms with van der Waals surface area (Å²) < 4.78 is 10.9. The van der Waals surface area contributed by atoms with Gasteiger partial charge in [0.2, 0.25) is 0 Å². The van der Waals surface area contributed by atoms with Gasteiger partial charge in [0, 0.05) is 6.07 Å². The van der Waals surface area contributed by atoms with Crippen LogP contribution in [0, 0.1) is 0 Å². The molecule has 1 unspecified atom stereocenters. The Morgan fingerprint density at radius 3 is 2.64 bits per heavy atom. The predicted molar refractivity (Wildman–Crippen MR) is 81.4 cm³/mol. The molecule has 1 amide bonds. The van der Waals surface area contributed by atoms with Crippen molar-refractivity contribution in [3.05, 3.63) is 58.5 Å². The zero-order chi connectivity index (χ0) is 15.9. The second-order valence-corrected chi connectivity index (χ2v) is 5.41. The number of furan rings is 1. The molecule has 1 aromatic carbocycles. The lowest BCUT2D eigenvalue weighted by Crippen LogP contribution is -2.43. The SMILES string of the molecule is O=C(NC(COCc1ccccc1)C(=O)O)c1cc(Br)co1. The third kappa shape index (κ3) is 4.71. The van der Waals surface area contributed by atoms with Crippen LogP contribution >= 0.6 is 15.9 Å². The number of ether oxygens (including phenoxy) is 1. The molecule has 0 bridgehead atoms. The lowest BCUT2D eigenvalue weighted by molar-refractivity contribution is -0.141. The molecule has 2 aromatic rings. The molecular formula is C15H14BrNO5. The second-order valence-electron chi connectivity index (χ2n) is 4.49. The first-order valence-corrected chi connectivity index (χ1v) is 7.25. The van der Waals surface area contributed by atoms with Crippen molar-refractivity contribution in [1.29, 1.82) is 0 Å². The van der Waals surface area contributed by atoms with Crippen LogP contribution in [0.1, 0.15) is 16.1 Å². The highest BCUT2D eigenvalue weighted by Gasteiger charge is 2.22. The maximum atomic E-state index is 11.9. The molecule has 116 valence electrons. The topological polar surface area (TPSA) is 88.8 Å². The number of carboxylic acid groups (broad SMARTS) is 1. The van der Waals surface area contributed by atoms with Gasteiger partial charge in [0.05, 0.1) is 17.7 Å². The zero-order valence-electron chi connectivity index (χ0n) is 11.5. The van der Waals surface area contributed by atoms with Crippen LogP contribution in [0.4, 0.5) is 0 Å². The average molecular weight is 368 g/mol. The third-order valence-electron chi connectivity index (χ3n) is 2.79. The molecule has 0 spiro atoms. The Bertz CT molecular complexity index is 640. The maximum Gasteiger partial charge on any atom is 0.328 e. The minimum absolute atomic E-state index is 0.0289. The van der Waals surface area contributed by atoms with Gasteiger partial charge in [-0.2, -0.15) is 0 Å². The highest BCUT2D eigenvalue weighted by molar-refractivity contribution is 9.10. The predicted octanol–water partition coefficient (Wildman–Crippen LogP) is 2.44. The summed E-state index contributed by atoms with van der Waals surface area (Å²) in [5.41, 5.74) is 0.924. The lowest BCUT2D eigenvalue weighted by atomic mass is 10.2. The number of halogens is 1. The number of rotatable bonds is 7. The first-order valence-electron chi connectivity index (χ1n) is 6.45. The van der Waals surface area contributed by atoms with Crippen molar-refractivity contribution in [1.82, 2.24) is 5.32 Å². The summed E-state index contributed by atoms with van der Waals surface area (Å²) in [4.78, 5) is 23.0. The van der Waals surface area contributed by atoms with Crippen molar-refractivity contribution in [2.24, 2.45) is 0 Å². The maximum absolute atomic E-state index is 11.9. The molecule has 0 saturated heterocycles. The Kier molecular flexibility index (Phi) is 5.74. The van der Waals surface area contributed by atoms with Gasteiger partial charge in [-0.15, -0.1) is 0 Å². The van der Waals surface area contributed by atoms with Crippen molar-refractivity contribution in [2.75, 3.05) is 6.61 Å². The second kappa shape index (κ2) is 7.77. The van der Waals surface area contributed by atoms with Gasteiger partial charge in [0.15, 0.2) is 11.8 Å². The number of benzene rings is 1. The van der Waals surface area contributed by atoms with Crippen LogP contribution in [-0.4, -0.2) is 29.6 Å². The van der Waals surface area contributed by atoms with Crippen LogP contribution in [-0.2, 0) is 16.1 Å². The van der Waals surface area contributed by atoms with Crippen molar-refractivity contribution < 1.29 is 23.8 Å². The summed E-state index contributed by atoms with van der Waals surface area (Å²) in [5, 5.41) is 11.5. The minimum atomic E-state index is -1.17. The van der Waals surface area contributed by atoms with Gasteiger partial charge in [0.25, 0.3) is 5.91 Å². The molecule has 22 heavy (non-hydrogen) atoms. The van der Waals surface area contributed by atoms with Gasteiger partial charge in [-0.3, -0.25) is 4.79 Å². The molecule has 1 aromatic heterocycles. The van der Waals surface area contributed by atoms with E-state index in [1.165, 1.54) is 12.3 Å². The standard InChI is InChI=1S/C15H14BrNO5/c16-11-6-13(22-8-11)14(18)17-12(15(19)20)9-21-7-10-4-2-1-3-5-10/h1-6,8,12H,7,9H2,(H,17,18)(H,19,20). The molecule has 2 N–H and O–H groups in total. The van der Waals surface area contributed by atoms with Crippen LogP contribution in [0.25, 0.3) is 0 Å². The van der Waals surface area contributed by atoms with E-state index in [1.807, 2.05) is 30.3 Å². The third-order valence-corrected chi connectivity index (χ3v) is 3.21. The minimum Gasteiger partial charge on any atom is -0.480 e. The molecule has 0 radical (unpaired) electrons. The summed E-state index contributed by atoms with van der Waals surface area (Å²) in [6, 6.07) is 9.65. The number of carbonyl (C=O) groups excluding carboxylic acids is 1. The lowest BCUT2D eigenvalue weighted by Gasteiger charge is -2.14. The van der Waals surface area contributed by atoms with Crippen molar-refractivity contribution in [3.63, 3.8) is 0 Å². The molecule has 1 atom stereocenters. The van der Waals surface area contributed by atoms with Gasteiger partial charge in [-0.05, 0) is 21.5 Å². The highest BCUT2D eigenvalue weighted by Crippen LogP contribution is 2.14. The molecule has 2 rings (SSSR count). The summed E-state index contributed by atoms with van der Waals surface area (Å²) in [6.45, 7) is 0.130. The Hall–Kier alpha value is -2.12. The van der Waals surface area contributed by atoms with Crippen LogP contribution in [0.15, 0.2) is 51.6 Å². The summed E-state index contributed by atoms with van der Waals surface area (Å²) in [5.74, 6) is -1.75. The zero-order valence-corrected chi connectivity index (χ0v) is 13.1. The van der Waals surface area contributed by atoms with E-state index < -0.39 is 17.9 Å². The molecule has 0 aliphatic carbocycles. The molecule has 0 aliphatic rings. The smallest absolute Gasteiger partial charge is 0.328 e. The van der Waals surface area contributed by atoms with Gasteiger partial charge in [-0.1, -0.05) is 30.3 Å². The average Bonchev–Trinajstić information content (AvgIpc) is 2.93. The molecule has 6 nitrogen and oxygen atoms in total. The van der Waals surface area contributed by atoms with Crippen molar-refractivity contribution in [2.45, 2.75) is 12.6 Å². The number of amides is 1. The Morgan fingerprint density at radius 2 is 2.05 bits per heavy atom. The Balaban J connectivity index is 1.87. The van der Waals surface area contributed by atoms with E-state index in [9.17, 15) is 9.59 Å². The number of hydrogen-bond acceptors (Lipinski definition) is 4.